The molecule has 0 aromatic heterocycles. The van der Waals surface area contributed by atoms with Crippen molar-refractivity contribution in [1.29, 1.82) is 5.26 Å². The lowest BCUT2D eigenvalue weighted by Crippen LogP contribution is -2.27. The van der Waals surface area contributed by atoms with Crippen LogP contribution in [0.5, 0.6) is 11.5 Å². The second-order valence-electron chi connectivity index (χ2n) is 6.64. The van der Waals surface area contributed by atoms with Gasteiger partial charge in [-0.1, -0.05) is 6.07 Å². The lowest BCUT2D eigenvalue weighted by atomic mass is 10.1. The maximum atomic E-state index is 14.3. The second kappa shape index (κ2) is 9.61. The molecule has 0 fully saturated rings. The number of carbonyl (C=O) groups is 1. The second-order valence-corrected chi connectivity index (χ2v) is 7.89. The van der Waals surface area contributed by atoms with Gasteiger partial charge in [-0.15, -0.1) is 0 Å². The molecule has 3 aromatic carbocycles. The third-order valence-electron chi connectivity index (χ3n) is 4.10. The summed E-state index contributed by atoms with van der Waals surface area (Å²) in [5, 5.41) is 15.1. The molecule has 158 valence electrons. The first kappa shape index (κ1) is 22.3. The molecule has 0 aliphatic rings. The molecular formula is C22H17F2IN4O2. The number of halogens is 3. The van der Waals surface area contributed by atoms with E-state index in [1.54, 1.807) is 44.4 Å². The average Bonchev–Trinajstić information content (AvgIpc) is 2.70. The maximum Gasteiger partial charge on any atom is 0.321 e. The molecule has 0 unspecified atom stereocenters. The van der Waals surface area contributed by atoms with Gasteiger partial charge in [-0.2, -0.15) is 5.26 Å². The van der Waals surface area contributed by atoms with Crippen molar-refractivity contribution in [3.05, 3.63) is 75.4 Å². The predicted molar refractivity (Wildman–Crippen MR) is 123 cm³/mol. The highest BCUT2D eigenvalue weighted by molar-refractivity contribution is 14.1. The van der Waals surface area contributed by atoms with Gasteiger partial charge < -0.3 is 20.3 Å². The molecule has 3 rings (SSSR count). The summed E-state index contributed by atoms with van der Waals surface area (Å²) in [5.74, 6) is -0.969. The van der Waals surface area contributed by atoms with E-state index >= 15 is 0 Å². The number of nitriles is 1. The Hall–Kier alpha value is -3.39. The van der Waals surface area contributed by atoms with E-state index in [2.05, 4.69) is 10.6 Å². The molecule has 3 aromatic rings. The van der Waals surface area contributed by atoms with Crippen molar-refractivity contribution < 1.29 is 18.3 Å². The maximum absolute atomic E-state index is 14.3. The fourth-order valence-electron chi connectivity index (χ4n) is 2.61. The van der Waals surface area contributed by atoms with E-state index in [9.17, 15) is 18.8 Å². The van der Waals surface area contributed by atoms with Gasteiger partial charge in [0.2, 0.25) is 0 Å². The van der Waals surface area contributed by atoms with Crippen LogP contribution in [0, 0.1) is 26.5 Å². The van der Waals surface area contributed by atoms with Crippen LogP contribution in [0.4, 0.5) is 30.6 Å². The molecule has 0 saturated carbocycles. The molecule has 0 atom stereocenters. The summed E-state index contributed by atoms with van der Waals surface area (Å²) >= 11 is 1.97. The van der Waals surface area contributed by atoms with Gasteiger partial charge in [0.25, 0.3) is 0 Å². The van der Waals surface area contributed by atoms with Gasteiger partial charge in [0, 0.05) is 35.5 Å². The fourth-order valence-corrected chi connectivity index (χ4v) is 3.06. The summed E-state index contributed by atoms with van der Waals surface area (Å²) in [6.07, 6.45) is 0. The number of rotatable bonds is 5. The summed E-state index contributed by atoms with van der Waals surface area (Å²) in [6, 6.07) is 14.8. The van der Waals surface area contributed by atoms with Crippen LogP contribution >= 0.6 is 22.6 Å². The van der Waals surface area contributed by atoms with Gasteiger partial charge in [0.1, 0.15) is 34.8 Å². The first-order chi connectivity index (χ1) is 14.8. The number of nitrogens with one attached hydrogen (secondary N) is 2. The Morgan fingerprint density at radius 2 is 1.87 bits per heavy atom. The number of hydrogen-bond acceptors (Lipinski definition) is 4. The summed E-state index contributed by atoms with van der Waals surface area (Å²) in [5.41, 5.74) is 0.629. The van der Waals surface area contributed by atoms with E-state index in [0.29, 0.717) is 9.26 Å². The lowest BCUT2D eigenvalue weighted by molar-refractivity contribution is 0.230. The van der Waals surface area contributed by atoms with Crippen molar-refractivity contribution in [2.24, 2.45) is 0 Å². The number of hydrogen-bond donors (Lipinski definition) is 2. The van der Waals surface area contributed by atoms with E-state index in [1.807, 2.05) is 28.7 Å². The molecule has 9 heteroatoms. The highest BCUT2D eigenvalue weighted by Crippen LogP contribution is 2.34. The summed E-state index contributed by atoms with van der Waals surface area (Å²) < 4.78 is 34.9. The van der Waals surface area contributed by atoms with Crippen LogP contribution in [-0.4, -0.2) is 25.0 Å². The third-order valence-corrected chi connectivity index (χ3v) is 4.77. The zero-order valence-electron chi connectivity index (χ0n) is 16.5. The SMILES string of the molecule is CN(C)C(=O)Nc1cccc(Oc2cc(F)cc(Nc3ccc(I)cc3F)c2C#N)c1. The number of ether oxygens (including phenoxy) is 1. The molecule has 0 aliphatic carbocycles. The molecule has 0 radical (unpaired) electrons. The molecule has 0 spiro atoms. The highest BCUT2D eigenvalue weighted by Gasteiger charge is 2.16. The fraction of sp³-hybridized carbons (Fsp3) is 0.0909. The number of nitrogens with zero attached hydrogens (tertiary/aromatic N) is 2. The van der Waals surface area contributed by atoms with Gasteiger partial charge in [-0.25, -0.2) is 13.6 Å². The predicted octanol–water partition coefficient (Wildman–Crippen LogP) is 6.07. The number of carbonyl (C=O) groups excluding carboxylic acids is 1. The topological polar surface area (TPSA) is 77.4 Å². The zero-order valence-corrected chi connectivity index (χ0v) is 18.7. The van der Waals surface area contributed by atoms with E-state index < -0.39 is 11.6 Å². The first-order valence-corrected chi connectivity index (χ1v) is 10.1. The number of anilines is 3. The van der Waals surface area contributed by atoms with E-state index in [0.717, 1.165) is 12.1 Å². The minimum atomic E-state index is -0.667. The monoisotopic (exact) mass is 534 g/mol. The van der Waals surface area contributed by atoms with Crippen molar-refractivity contribution in [1.82, 2.24) is 4.90 Å². The van der Waals surface area contributed by atoms with Crippen LogP contribution in [-0.2, 0) is 0 Å². The Bertz CT molecular complexity index is 1180. The molecule has 31 heavy (non-hydrogen) atoms. The van der Waals surface area contributed by atoms with Gasteiger partial charge in [-0.05, 0) is 59.0 Å². The van der Waals surface area contributed by atoms with Crippen LogP contribution in [0.1, 0.15) is 5.56 Å². The Morgan fingerprint density at radius 3 is 2.55 bits per heavy atom. The zero-order chi connectivity index (χ0) is 22.5. The number of benzene rings is 3. The van der Waals surface area contributed by atoms with Gasteiger partial charge >= 0.3 is 6.03 Å². The molecular weight excluding hydrogens is 517 g/mol. The highest BCUT2D eigenvalue weighted by atomic mass is 127. The van der Waals surface area contributed by atoms with Crippen molar-refractivity contribution in [3.8, 4) is 17.6 Å². The summed E-state index contributed by atoms with van der Waals surface area (Å²) in [6.45, 7) is 0. The Kier molecular flexibility index (Phi) is 6.91. The van der Waals surface area contributed by atoms with Crippen molar-refractivity contribution in [2.45, 2.75) is 0 Å². The van der Waals surface area contributed by atoms with Crippen molar-refractivity contribution in [2.75, 3.05) is 24.7 Å². The van der Waals surface area contributed by atoms with Crippen molar-refractivity contribution in [3.63, 3.8) is 0 Å². The van der Waals surface area contributed by atoms with Crippen LogP contribution in [0.2, 0.25) is 0 Å². The molecule has 6 nitrogen and oxygen atoms in total. The minimum absolute atomic E-state index is 0.00193. The Balaban J connectivity index is 1.92. The Morgan fingerprint density at radius 1 is 1.10 bits per heavy atom. The minimum Gasteiger partial charge on any atom is -0.456 e. The summed E-state index contributed by atoms with van der Waals surface area (Å²) in [4.78, 5) is 13.2. The average molecular weight is 534 g/mol. The molecule has 2 amide bonds. The van der Waals surface area contributed by atoms with Gasteiger partial charge in [-0.3, -0.25) is 0 Å². The van der Waals surface area contributed by atoms with Gasteiger partial charge in [0.05, 0.1) is 11.4 Å². The Labute approximate surface area is 191 Å². The van der Waals surface area contributed by atoms with Crippen molar-refractivity contribution >= 4 is 45.7 Å². The van der Waals surface area contributed by atoms with Crippen LogP contribution in [0.25, 0.3) is 0 Å². The van der Waals surface area contributed by atoms with Crippen LogP contribution < -0.4 is 15.4 Å². The quantitative estimate of drug-likeness (QED) is 0.390. The van der Waals surface area contributed by atoms with Crippen LogP contribution in [0.15, 0.2) is 54.6 Å². The normalized spacial score (nSPS) is 10.2. The lowest BCUT2D eigenvalue weighted by Gasteiger charge is -2.15. The smallest absolute Gasteiger partial charge is 0.321 e. The largest absolute Gasteiger partial charge is 0.456 e. The van der Waals surface area contributed by atoms with E-state index in [-0.39, 0.29) is 34.5 Å². The summed E-state index contributed by atoms with van der Waals surface area (Å²) in [7, 11) is 3.21. The van der Waals surface area contributed by atoms with E-state index in [1.165, 1.54) is 17.0 Å². The molecule has 0 saturated heterocycles. The number of urea groups is 1. The first-order valence-electron chi connectivity index (χ1n) is 8.99. The van der Waals surface area contributed by atoms with E-state index in [4.69, 9.17) is 4.74 Å². The van der Waals surface area contributed by atoms with Gasteiger partial charge in [0.15, 0.2) is 0 Å². The molecule has 0 bridgehead atoms. The van der Waals surface area contributed by atoms with Crippen LogP contribution in [0.3, 0.4) is 0 Å². The third kappa shape index (κ3) is 5.61. The standard InChI is InChI=1S/C22H17F2IN4O2/c1-29(2)22(30)27-15-4-3-5-16(11-15)31-21-9-13(23)8-20(17(21)12-26)28-19-7-6-14(25)10-18(19)24/h3-11,28H,1-2H3,(H,27,30). The molecule has 2 N–H and O–H groups in total. The molecule has 0 aliphatic heterocycles. The number of amides is 2. The molecule has 0 heterocycles.